The van der Waals surface area contributed by atoms with Crippen molar-refractivity contribution >= 4 is 33.7 Å². The first-order chi connectivity index (χ1) is 12.1. The van der Waals surface area contributed by atoms with E-state index in [0.717, 1.165) is 0 Å². The molecule has 3 heterocycles. The zero-order valence-electron chi connectivity index (χ0n) is 12.8. The van der Waals surface area contributed by atoms with Crippen LogP contribution in [0.5, 0.6) is 0 Å². The van der Waals surface area contributed by atoms with Crippen molar-refractivity contribution in [3.05, 3.63) is 56.7 Å². The monoisotopic (exact) mass is 338 g/mol. The molecule has 2 N–H and O–H groups in total. The number of benzene rings is 1. The lowest BCUT2D eigenvalue weighted by Crippen LogP contribution is -2.25. The average Bonchev–Trinajstić information content (AvgIpc) is 3.10. The van der Waals surface area contributed by atoms with Crippen LogP contribution in [0.3, 0.4) is 0 Å². The molecule has 0 atom stereocenters. The summed E-state index contributed by atoms with van der Waals surface area (Å²) in [6, 6.07) is 6.65. The van der Waals surface area contributed by atoms with E-state index in [1.807, 2.05) is 0 Å². The van der Waals surface area contributed by atoms with E-state index >= 15 is 0 Å². The van der Waals surface area contributed by atoms with E-state index in [1.54, 1.807) is 31.3 Å². The molecule has 0 aliphatic carbocycles. The van der Waals surface area contributed by atoms with Crippen LogP contribution in [0.4, 0.5) is 5.95 Å². The second-order valence-electron chi connectivity index (χ2n) is 5.30. The Balaban J connectivity index is 2.03. The number of aromatic nitrogens is 5. The van der Waals surface area contributed by atoms with Crippen molar-refractivity contribution in [3.63, 3.8) is 0 Å². The smallest absolute Gasteiger partial charge is 0.361 e. The number of carbonyl (C=O) groups is 1. The Morgan fingerprint density at radius 2 is 2.08 bits per heavy atom. The fraction of sp³-hybridized carbons (Fsp3) is 0.0667. The van der Waals surface area contributed by atoms with Crippen LogP contribution in [0.25, 0.3) is 21.9 Å². The van der Waals surface area contributed by atoms with Gasteiger partial charge in [-0.2, -0.15) is 0 Å². The molecule has 0 fully saturated rings. The van der Waals surface area contributed by atoms with Gasteiger partial charge in [-0.1, -0.05) is 23.3 Å². The molecule has 1 aromatic carbocycles. The SMILES string of the molecule is Cn1cc(C(=O)Nc2nnn[nH]2)c(=O)c2c3ccccc3oc(=O)c21. The molecule has 0 unspecified atom stereocenters. The lowest BCUT2D eigenvalue weighted by atomic mass is 10.1. The quantitative estimate of drug-likeness (QED) is 0.399. The lowest BCUT2D eigenvalue weighted by Gasteiger charge is -2.09. The third-order valence-corrected chi connectivity index (χ3v) is 3.76. The van der Waals surface area contributed by atoms with Gasteiger partial charge in [0.2, 0.25) is 11.4 Å². The zero-order chi connectivity index (χ0) is 17.6. The molecule has 3 aromatic heterocycles. The number of pyridine rings is 1. The van der Waals surface area contributed by atoms with Crippen LogP contribution < -0.4 is 16.4 Å². The number of tetrazole rings is 1. The summed E-state index contributed by atoms with van der Waals surface area (Å²) < 4.78 is 6.64. The number of anilines is 1. The molecule has 0 saturated carbocycles. The molecule has 0 spiro atoms. The molecule has 4 aromatic rings. The van der Waals surface area contributed by atoms with Crippen LogP contribution >= 0.6 is 0 Å². The topological polar surface area (TPSA) is 136 Å². The van der Waals surface area contributed by atoms with E-state index < -0.39 is 17.0 Å². The molecule has 0 bridgehead atoms. The molecule has 0 aliphatic rings. The first kappa shape index (κ1) is 14.8. The van der Waals surface area contributed by atoms with Crippen molar-refractivity contribution < 1.29 is 9.21 Å². The predicted octanol–water partition coefficient (Wildman–Crippen LogP) is 0.410. The average molecular weight is 338 g/mol. The zero-order valence-corrected chi connectivity index (χ0v) is 12.8. The van der Waals surface area contributed by atoms with Crippen molar-refractivity contribution in [2.24, 2.45) is 7.05 Å². The summed E-state index contributed by atoms with van der Waals surface area (Å²) in [7, 11) is 1.56. The molecule has 25 heavy (non-hydrogen) atoms. The van der Waals surface area contributed by atoms with Gasteiger partial charge in [-0.15, -0.1) is 0 Å². The van der Waals surface area contributed by atoms with Gasteiger partial charge >= 0.3 is 5.63 Å². The second-order valence-corrected chi connectivity index (χ2v) is 5.30. The lowest BCUT2D eigenvalue weighted by molar-refractivity contribution is 0.102. The van der Waals surface area contributed by atoms with Gasteiger partial charge in [0.15, 0.2) is 0 Å². The Bertz CT molecular complexity index is 1240. The molecule has 10 heteroatoms. The third kappa shape index (κ3) is 2.27. The van der Waals surface area contributed by atoms with Crippen molar-refractivity contribution in [3.8, 4) is 0 Å². The van der Waals surface area contributed by atoms with E-state index in [-0.39, 0.29) is 28.0 Å². The first-order valence-corrected chi connectivity index (χ1v) is 7.16. The number of nitrogens with zero attached hydrogens (tertiary/aromatic N) is 4. The highest BCUT2D eigenvalue weighted by Gasteiger charge is 2.20. The van der Waals surface area contributed by atoms with Crippen molar-refractivity contribution in [1.82, 2.24) is 25.2 Å². The standard InChI is InChI=1S/C15H10N6O4/c1-21-6-8(13(23)16-15-17-19-20-18-15)12(22)10-7-4-2-3-5-9(7)25-14(24)11(10)21/h2-6H,1H3,(H2,16,17,18,19,20,23). The van der Waals surface area contributed by atoms with E-state index in [4.69, 9.17) is 4.42 Å². The number of carbonyl (C=O) groups excluding carboxylic acids is 1. The normalized spacial score (nSPS) is 11.1. The Hall–Kier alpha value is -3.82. The van der Waals surface area contributed by atoms with Gasteiger partial charge in [0.1, 0.15) is 16.7 Å². The number of hydrogen-bond donors (Lipinski definition) is 2. The number of aryl methyl sites for hydroxylation is 1. The van der Waals surface area contributed by atoms with Gasteiger partial charge in [0, 0.05) is 18.6 Å². The molecule has 0 saturated heterocycles. The highest BCUT2D eigenvalue weighted by molar-refractivity contribution is 6.09. The van der Waals surface area contributed by atoms with Crippen LogP contribution in [0.2, 0.25) is 0 Å². The summed E-state index contributed by atoms with van der Waals surface area (Å²) >= 11 is 0. The van der Waals surface area contributed by atoms with Crippen molar-refractivity contribution in [2.45, 2.75) is 0 Å². The number of nitrogens with one attached hydrogen (secondary N) is 2. The van der Waals surface area contributed by atoms with Crippen LogP contribution in [0.15, 0.2) is 44.5 Å². The molecular formula is C15H10N6O4. The summed E-state index contributed by atoms with van der Waals surface area (Å²) in [5.74, 6) is -0.692. The number of H-pyrrole nitrogens is 1. The minimum Gasteiger partial charge on any atom is -0.421 e. The first-order valence-electron chi connectivity index (χ1n) is 7.16. The summed E-state index contributed by atoms with van der Waals surface area (Å²) in [6.45, 7) is 0. The van der Waals surface area contributed by atoms with Gasteiger partial charge in [-0.25, -0.2) is 9.89 Å². The largest absolute Gasteiger partial charge is 0.421 e. The Morgan fingerprint density at radius 3 is 2.84 bits per heavy atom. The van der Waals surface area contributed by atoms with Crippen LogP contribution in [-0.4, -0.2) is 31.1 Å². The maximum atomic E-state index is 12.9. The minimum absolute atomic E-state index is 0.00424. The van der Waals surface area contributed by atoms with Crippen molar-refractivity contribution in [2.75, 3.05) is 5.32 Å². The van der Waals surface area contributed by atoms with Gasteiger partial charge in [-0.05, 0) is 16.5 Å². The van der Waals surface area contributed by atoms with E-state index in [9.17, 15) is 14.4 Å². The maximum absolute atomic E-state index is 12.9. The van der Waals surface area contributed by atoms with Crippen LogP contribution in [-0.2, 0) is 7.05 Å². The predicted molar refractivity (Wildman–Crippen MR) is 87.4 cm³/mol. The molecule has 4 rings (SSSR count). The molecule has 124 valence electrons. The maximum Gasteiger partial charge on any atom is 0.361 e. The second kappa shape index (κ2) is 5.37. The highest BCUT2D eigenvalue weighted by Crippen LogP contribution is 2.20. The van der Waals surface area contributed by atoms with Gasteiger partial charge in [0.05, 0.1) is 5.39 Å². The van der Waals surface area contributed by atoms with Gasteiger partial charge in [-0.3, -0.25) is 14.9 Å². The van der Waals surface area contributed by atoms with E-state index in [1.165, 1.54) is 10.8 Å². The number of para-hydroxylation sites is 1. The summed E-state index contributed by atoms with van der Waals surface area (Å²) in [4.78, 5) is 37.6. The molecular weight excluding hydrogens is 328 g/mol. The Labute approximate surface area is 138 Å². The Kier molecular flexibility index (Phi) is 3.17. The summed E-state index contributed by atoms with van der Waals surface area (Å²) in [6.07, 6.45) is 1.27. The van der Waals surface area contributed by atoms with Gasteiger partial charge < -0.3 is 8.98 Å². The van der Waals surface area contributed by atoms with E-state index in [0.29, 0.717) is 5.39 Å². The molecule has 1 amide bonds. The highest BCUT2D eigenvalue weighted by atomic mass is 16.4. The minimum atomic E-state index is -0.696. The van der Waals surface area contributed by atoms with Crippen molar-refractivity contribution in [1.29, 1.82) is 0 Å². The molecule has 0 aliphatic heterocycles. The number of rotatable bonds is 2. The fourth-order valence-electron chi connectivity index (χ4n) is 2.69. The van der Waals surface area contributed by atoms with Crippen LogP contribution in [0.1, 0.15) is 10.4 Å². The van der Waals surface area contributed by atoms with Crippen LogP contribution in [0, 0.1) is 0 Å². The van der Waals surface area contributed by atoms with Gasteiger partial charge in [0.25, 0.3) is 5.91 Å². The number of amides is 1. The fourth-order valence-corrected chi connectivity index (χ4v) is 2.69. The third-order valence-electron chi connectivity index (χ3n) is 3.76. The molecule has 10 nitrogen and oxygen atoms in total. The molecule has 0 radical (unpaired) electrons. The Morgan fingerprint density at radius 1 is 1.28 bits per heavy atom. The van der Waals surface area contributed by atoms with E-state index in [2.05, 4.69) is 25.9 Å². The number of hydrogen-bond acceptors (Lipinski definition) is 7. The number of fused-ring (bicyclic) bond motifs is 3. The summed E-state index contributed by atoms with van der Waals surface area (Å²) in [5.41, 5.74) is -1.03. The number of aromatic amines is 1. The summed E-state index contributed by atoms with van der Waals surface area (Å²) in [5, 5.41) is 15.5.